The number of non-ortho nitro benzene ring substituents is 2. The number of esters is 1. The molecule has 0 amide bonds. The van der Waals surface area contributed by atoms with E-state index >= 15 is 0 Å². The molecule has 0 saturated heterocycles. The van der Waals surface area contributed by atoms with Crippen LogP contribution in [0.4, 0.5) is 11.4 Å². The first kappa shape index (κ1) is 22.5. The molecule has 4 rings (SSSR count). The number of carbonyl (C=O) groups excluding carboxylic acids is 1. The number of hydrogen-bond donors (Lipinski definition) is 0. The van der Waals surface area contributed by atoms with Crippen LogP contribution in [0.15, 0.2) is 56.6 Å². The van der Waals surface area contributed by atoms with Crippen LogP contribution in [0.3, 0.4) is 0 Å². The summed E-state index contributed by atoms with van der Waals surface area (Å²) in [5.74, 6) is -1.90. The first-order chi connectivity index (χ1) is 15.9. The second kappa shape index (κ2) is 7.41. The van der Waals surface area contributed by atoms with Crippen LogP contribution >= 0.6 is 0 Å². The third kappa shape index (κ3) is 3.07. The fourth-order valence-corrected chi connectivity index (χ4v) is 5.20. The summed E-state index contributed by atoms with van der Waals surface area (Å²) < 4.78 is 36.4. The average Bonchev–Trinajstić information content (AvgIpc) is 2.76. The van der Waals surface area contributed by atoms with Crippen molar-refractivity contribution in [3.05, 3.63) is 88.8 Å². The first-order valence-corrected chi connectivity index (χ1v) is 10.5. The number of carbonyl (C=O) groups is 1. The normalized spacial score (nSPS) is 17.6. The summed E-state index contributed by atoms with van der Waals surface area (Å²) in [6, 6.07) is 7.05. The molecule has 2 heterocycles. The summed E-state index contributed by atoms with van der Waals surface area (Å²) in [5.41, 5.74) is -4.42. The molecule has 0 radical (unpaired) electrons. The highest BCUT2D eigenvalue weighted by Crippen LogP contribution is 2.39. The lowest BCUT2D eigenvalue weighted by Gasteiger charge is -2.27. The molecule has 0 bridgehead atoms. The van der Waals surface area contributed by atoms with Gasteiger partial charge in [-0.3, -0.25) is 30.3 Å². The number of benzene rings is 2. The minimum atomic E-state index is -5.52. The molecule has 2 aromatic carbocycles. The van der Waals surface area contributed by atoms with Crippen molar-refractivity contribution < 1.29 is 37.1 Å². The molecule has 34 heavy (non-hydrogen) atoms. The van der Waals surface area contributed by atoms with Gasteiger partial charge in [-0.25, -0.2) is 18.0 Å². The Hall–Kier alpha value is -4.73. The van der Waals surface area contributed by atoms with Crippen LogP contribution in [-0.2, 0) is 21.1 Å². The van der Waals surface area contributed by atoms with E-state index in [1.54, 1.807) is 0 Å². The number of sulfone groups is 1. The number of para-hydroxylation sites is 1. The van der Waals surface area contributed by atoms with Crippen molar-refractivity contribution in [1.29, 1.82) is 0 Å². The number of hydrogen-bond acceptors (Lipinski definition) is 12. The average molecular weight is 491 g/mol. The maximum atomic E-state index is 13.4. The van der Waals surface area contributed by atoms with Gasteiger partial charge < -0.3 is 9.15 Å². The van der Waals surface area contributed by atoms with Gasteiger partial charge >= 0.3 is 22.2 Å². The Morgan fingerprint density at radius 1 is 0.941 bits per heavy atom. The molecule has 16 heteroatoms. The SMILES string of the molecule is O=C1Oc2ccccc2CC1([N+](=O)[O-])S(=O)(=O)c1cc2cc([N+](=O)[O-])cc([N+](=O)[O-])c2oc1=O. The molecule has 1 aliphatic rings. The van der Waals surface area contributed by atoms with Gasteiger partial charge in [0.2, 0.25) is 5.58 Å². The minimum absolute atomic E-state index is 0.0150. The molecule has 0 spiro atoms. The maximum absolute atomic E-state index is 13.4. The van der Waals surface area contributed by atoms with Crippen molar-refractivity contribution in [3.63, 3.8) is 0 Å². The van der Waals surface area contributed by atoms with Gasteiger partial charge in [0.1, 0.15) is 5.75 Å². The van der Waals surface area contributed by atoms with Crippen molar-refractivity contribution in [1.82, 2.24) is 0 Å². The smallest absolute Gasteiger partial charge is 0.420 e. The number of fused-ring (bicyclic) bond motifs is 2. The molecular weight excluding hydrogens is 482 g/mol. The van der Waals surface area contributed by atoms with E-state index in [9.17, 15) is 48.3 Å². The monoisotopic (exact) mass is 491 g/mol. The minimum Gasteiger partial charge on any atom is -0.420 e. The molecule has 0 aliphatic carbocycles. The number of nitro benzene ring substituents is 2. The van der Waals surface area contributed by atoms with Gasteiger partial charge in [-0.05, 0) is 12.1 Å². The van der Waals surface area contributed by atoms with Gasteiger partial charge in [0.15, 0.2) is 4.90 Å². The topological polar surface area (TPSA) is 220 Å². The lowest BCUT2D eigenvalue weighted by atomic mass is 10.0. The van der Waals surface area contributed by atoms with Crippen LogP contribution in [-0.4, -0.2) is 34.0 Å². The molecule has 15 nitrogen and oxygen atoms in total. The second-order valence-corrected chi connectivity index (χ2v) is 9.14. The fraction of sp³-hybridized carbons (Fsp3) is 0.111. The lowest BCUT2D eigenvalue weighted by molar-refractivity contribution is -0.527. The molecule has 1 aromatic heterocycles. The Kier molecular flexibility index (Phi) is 4.89. The zero-order chi connectivity index (χ0) is 25.0. The van der Waals surface area contributed by atoms with Crippen molar-refractivity contribution in [3.8, 4) is 5.75 Å². The summed E-state index contributed by atoms with van der Waals surface area (Å²) in [5, 5.41) is 33.8. The third-order valence-electron chi connectivity index (χ3n) is 5.13. The van der Waals surface area contributed by atoms with Crippen molar-refractivity contribution >= 4 is 38.2 Å². The molecule has 1 aliphatic heterocycles. The van der Waals surface area contributed by atoms with Crippen molar-refractivity contribution in [2.75, 3.05) is 0 Å². The van der Waals surface area contributed by atoms with E-state index in [0.717, 1.165) is 0 Å². The molecule has 0 saturated carbocycles. The van der Waals surface area contributed by atoms with Gasteiger partial charge in [0, 0.05) is 17.0 Å². The molecule has 0 fully saturated rings. The van der Waals surface area contributed by atoms with Gasteiger partial charge in [-0.15, -0.1) is 0 Å². The summed E-state index contributed by atoms with van der Waals surface area (Å²) in [6.07, 6.45) is -0.996. The molecular formula is C18H9N3O12S. The maximum Gasteiger partial charge on any atom is 0.421 e. The van der Waals surface area contributed by atoms with Crippen LogP contribution in [0.1, 0.15) is 5.56 Å². The molecule has 3 aromatic rings. The Bertz CT molecular complexity index is 1610. The van der Waals surface area contributed by atoms with E-state index in [1.807, 2.05) is 0 Å². The van der Waals surface area contributed by atoms with Crippen molar-refractivity contribution in [2.24, 2.45) is 0 Å². The van der Waals surface area contributed by atoms with Gasteiger partial charge in [0.25, 0.3) is 15.5 Å². The summed E-state index contributed by atoms with van der Waals surface area (Å²) >= 11 is 0. The van der Waals surface area contributed by atoms with Crippen LogP contribution in [0, 0.1) is 30.3 Å². The van der Waals surface area contributed by atoms with E-state index in [1.165, 1.54) is 24.3 Å². The standard InChI is InChI=1S/C18H9N3O12S/c22-16-14(6-10-5-11(19(24)25)7-12(20(26)27)15(10)33-16)34(30,31)18(21(28)29)8-9-3-1-2-4-13(9)32-17(18)23/h1-7H,8H2. The van der Waals surface area contributed by atoms with Gasteiger partial charge in [0.05, 0.1) is 27.3 Å². The number of rotatable bonds is 5. The zero-order valence-electron chi connectivity index (χ0n) is 16.4. The van der Waals surface area contributed by atoms with E-state index in [-0.39, 0.29) is 11.3 Å². The predicted molar refractivity (Wildman–Crippen MR) is 108 cm³/mol. The Morgan fingerprint density at radius 3 is 2.24 bits per heavy atom. The molecule has 174 valence electrons. The second-order valence-electron chi connectivity index (χ2n) is 7.01. The highest BCUT2D eigenvalue weighted by Gasteiger charge is 2.67. The molecule has 0 N–H and O–H groups in total. The number of nitrogens with zero attached hydrogens (tertiary/aromatic N) is 3. The van der Waals surface area contributed by atoms with Crippen LogP contribution in [0.5, 0.6) is 5.75 Å². The Balaban J connectivity index is 2.02. The van der Waals surface area contributed by atoms with Crippen LogP contribution in [0.25, 0.3) is 11.0 Å². The quantitative estimate of drug-likeness (QED) is 0.163. The van der Waals surface area contributed by atoms with Gasteiger partial charge in [-0.2, -0.15) is 0 Å². The number of nitro groups is 3. The van der Waals surface area contributed by atoms with Crippen LogP contribution < -0.4 is 10.4 Å². The van der Waals surface area contributed by atoms with Gasteiger partial charge in [-0.1, -0.05) is 18.2 Å². The van der Waals surface area contributed by atoms with E-state index in [4.69, 9.17) is 9.15 Å². The van der Waals surface area contributed by atoms with E-state index in [0.29, 0.717) is 18.2 Å². The fourth-order valence-electron chi connectivity index (χ4n) is 3.49. The lowest BCUT2D eigenvalue weighted by Crippen LogP contribution is -2.59. The highest BCUT2D eigenvalue weighted by molar-refractivity contribution is 7.93. The van der Waals surface area contributed by atoms with E-state index < -0.39 is 74.7 Å². The summed E-state index contributed by atoms with van der Waals surface area (Å²) in [6.45, 7) is 0. The van der Waals surface area contributed by atoms with E-state index in [2.05, 4.69) is 0 Å². The molecule has 1 atom stereocenters. The largest absolute Gasteiger partial charge is 0.421 e. The zero-order valence-corrected chi connectivity index (χ0v) is 17.2. The Labute approximate surface area is 186 Å². The predicted octanol–water partition coefficient (Wildman–Crippen LogP) is 1.52. The first-order valence-electron chi connectivity index (χ1n) is 9.00. The van der Waals surface area contributed by atoms with Crippen molar-refractivity contribution in [2.45, 2.75) is 16.2 Å². The molecule has 1 unspecified atom stereocenters. The highest BCUT2D eigenvalue weighted by atomic mass is 32.2. The Morgan fingerprint density at radius 2 is 1.62 bits per heavy atom. The van der Waals surface area contributed by atoms with Crippen LogP contribution in [0.2, 0.25) is 0 Å². The number of ether oxygens (including phenoxy) is 1. The third-order valence-corrected chi connectivity index (χ3v) is 7.34. The summed E-state index contributed by atoms with van der Waals surface area (Å²) in [4.78, 5) is 51.2. The summed E-state index contributed by atoms with van der Waals surface area (Å²) in [7, 11) is -5.52.